The van der Waals surface area contributed by atoms with Crippen LogP contribution in [0.25, 0.3) is 0 Å². The molecule has 2 rings (SSSR count). The first-order valence-electron chi connectivity index (χ1n) is 9.37. The van der Waals surface area contributed by atoms with E-state index in [1.165, 1.54) is 51.4 Å². The van der Waals surface area contributed by atoms with Gasteiger partial charge in [-0.1, -0.05) is 57.4 Å². The summed E-state index contributed by atoms with van der Waals surface area (Å²) in [5.41, 5.74) is 6.29. The first-order chi connectivity index (χ1) is 11.7. The molecule has 1 saturated heterocycles. The zero-order chi connectivity index (χ0) is 17.2. The molecule has 0 spiro atoms. The molecule has 24 heavy (non-hydrogen) atoms. The van der Waals surface area contributed by atoms with Crippen molar-refractivity contribution in [2.24, 2.45) is 5.73 Å². The second-order valence-corrected chi connectivity index (χ2v) is 6.77. The lowest BCUT2D eigenvalue weighted by atomic mass is 10.1. The van der Waals surface area contributed by atoms with Crippen LogP contribution < -0.4 is 5.73 Å². The number of hydrogen-bond acceptors (Lipinski definition) is 2. The molecule has 0 bridgehead atoms. The molecule has 0 unspecified atom stereocenters. The number of nitrogens with two attached hydrogens (primary N) is 1. The van der Waals surface area contributed by atoms with E-state index in [0.29, 0.717) is 11.1 Å². The molecule has 1 aromatic carbocycles. The molecular formula is C20H30N2O2. The van der Waals surface area contributed by atoms with E-state index in [0.717, 1.165) is 25.9 Å². The number of nitrogens with zero attached hydrogens (tertiary/aromatic N) is 1. The molecule has 1 aliphatic rings. The molecule has 0 atom stereocenters. The zero-order valence-corrected chi connectivity index (χ0v) is 14.6. The minimum Gasteiger partial charge on any atom is -0.366 e. The van der Waals surface area contributed by atoms with Crippen LogP contribution in [0.3, 0.4) is 0 Å². The average Bonchev–Trinajstić information content (AvgIpc) is 2.62. The van der Waals surface area contributed by atoms with Gasteiger partial charge < -0.3 is 10.6 Å². The third-order valence-electron chi connectivity index (χ3n) is 4.79. The smallest absolute Gasteiger partial charge is 0.253 e. The molecule has 132 valence electrons. The number of primary amides is 1. The number of carbonyl (C=O) groups excluding carboxylic acids is 2. The summed E-state index contributed by atoms with van der Waals surface area (Å²) in [5.74, 6) is -0.470. The van der Waals surface area contributed by atoms with Crippen molar-refractivity contribution in [1.82, 2.24) is 4.90 Å². The summed E-state index contributed by atoms with van der Waals surface area (Å²) in [5, 5.41) is 0. The average molecular weight is 330 g/mol. The number of amides is 2. The molecule has 4 nitrogen and oxygen atoms in total. The lowest BCUT2D eigenvalue weighted by molar-refractivity contribution is 0.0749. The van der Waals surface area contributed by atoms with Crippen molar-refractivity contribution < 1.29 is 9.59 Å². The Kier molecular flexibility index (Phi) is 7.80. The zero-order valence-electron chi connectivity index (χ0n) is 14.6. The van der Waals surface area contributed by atoms with Crippen LogP contribution in [0.2, 0.25) is 0 Å². The monoisotopic (exact) mass is 330 g/mol. The van der Waals surface area contributed by atoms with Crippen molar-refractivity contribution in [2.45, 2.75) is 64.2 Å². The Morgan fingerprint density at radius 1 is 0.750 bits per heavy atom. The van der Waals surface area contributed by atoms with Gasteiger partial charge in [-0.3, -0.25) is 9.59 Å². The summed E-state index contributed by atoms with van der Waals surface area (Å²) < 4.78 is 0. The maximum Gasteiger partial charge on any atom is 0.253 e. The molecule has 0 aliphatic carbocycles. The first kappa shape index (κ1) is 18.5. The molecular weight excluding hydrogens is 300 g/mol. The Bertz CT molecular complexity index is 528. The predicted molar refractivity (Wildman–Crippen MR) is 97.0 cm³/mol. The first-order valence-corrected chi connectivity index (χ1v) is 9.37. The molecule has 0 radical (unpaired) electrons. The molecule has 2 amide bonds. The largest absolute Gasteiger partial charge is 0.366 e. The second kappa shape index (κ2) is 10.1. The Hall–Kier alpha value is -1.84. The van der Waals surface area contributed by atoms with Crippen LogP contribution in [0.1, 0.15) is 84.9 Å². The molecule has 4 heteroatoms. The number of hydrogen-bond donors (Lipinski definition) is 1. The Morgan fingerprint density at radius 2 is 1.21 bits per heavy atom. The van der Waals surface area contributed by atoms with Crippen molar-refractivity contribution in [3.05, 3.63) is 35.4 Å². The van der Waals surface area contributed by atoms with Crippen molar-refractivity contribution in [2.75, 3.05) is 13.1 Å². The van der Waals surface area contributed by atoms with Crippen LogP contribution in [0.5, 0.6) is 0 Å². The normalized spacial score (nSPS) is 18.1. The van der Waals surface area contributed by atoms with Gasteiger partial charge in [-0.15, -0.1) is 0 Å². The molecule has 1 heterocycles. The molecule has 0 saturated carbocycles. The van der Waals surface area contributed by atoms with Gasteiger partial charge in [0, 0.05) is 24.2 Å². The van der Waals surface area contributed by atoms with E-state index >= 15 is 0 Å². The van der Waals surface area contributed by atoms with Gasteiger partial charge in [-0.2, -0.15) is 0 Å². The summed E-state index contributed by atoms with van der Waals surface area (Å²) in [7, 11) is 0. The SMILES string of the molecule is NC(=O)c1cccc(C(=O)N2CCCCCCCCCCCC2)c1. The quantitative estimate of drug-likeness (QED) is 0.885. The van der Waals surface area contributed by atoms with E-state index in [2.05, 4.69) is 0 Å². The van der Waals surface area contributed by atoms with Crippen molar-refractivity contribution >= 4 is 11.8 Å². The highest BCUT2D eigenvalue weighted by molar-refractivity contribution is 5.99. The van der Waals surface area contributed by atoms with Crippen LogP contribution in [-0.2, 0) is 0 Å². The molecule has 2 N–H and O–H groups in total. The Morgan fingerprint density at radius 3 is 1.71 bits per heavy atom. The van der Waals surface area contributed by atoms with Crippen molar-refractivity contribution in [1.29, 1.82) is 0 Å². The number of carbonyl (C=O) groups is 2. The topological polar surface area (TPSA) is 63.4 Å². The van der Waals surface area contributed by atoms with E-state index in [9.17, 15) is 9.59 Å². The van der Waals surface area contributed by atoms with Gasteiger partial charge in [-0.05, 0) is 31.0 Å². The maximum absolute atomic E-state index is 12.8. The minimum absolute atomic E-state index is 0.0213. The van der Waals surface area contributed by atoms with Gasteiger partial charge in [0.15, 0.2) is 0 Å². The third-order valence-corrected chi connectivity index (χ3v) is 4.79. The lowest BCUT2D eigenvalue weighted by Gasteiger charge is -2.23. The summed E-state index contributed by atoms with van der Waals surface area (Å²) in [6.45, 7) is 1.61. The maximum atomic E-state index is 12.8. The molecule has 1 aliphatic heterocycles. The van der Waals surface area contributed by atoms with Crippen LogP contribution in [-0.4, -0.2) is 29.8 Å². The standard InChI is InChI=1S/C20H30N2O2/c21-19(23)17-12-11-13-18(16-17)20(24)22-14-9-7-5-3-1-2-4-6-8-10-15-22/h11-13,16H,1-10,14-15H2,(H2,21,23). The van der Waals surface area contributed by atoms with E-state index in [1.54, 1.807) is 24.3 Å². The van der Waals surface area contributed by atoms with Crippen molar-refractivity contribution in [3.8, 4) is 0 Å². The van der Waals surface area contributed by atoms with Gasteiger partial charge >= 0.3 is 0 Å². The summed E-state index contributed by atoms with van der Waals surface area (Å²) >= 11 is 0. The highest BCUT2D eigenvalue weighted by Crippen LogP contribution is 2.15. The summed E-state index contributed by atoms with van der Waals surface area (Å²) in [4.78, 5) is 26.1. The summed E-state index contributed by atoms with van der Waals surface area (Å²) in [6, 6.07) is 6.77. The van der Waals surface area contributed by atoms with Crippen LogP contribution in [0.4, 0.5) is 0 Å². The van der Waals surface area contributed by atoms with Gasteiger partial charge in [0.25, 0.3) is 5.91 Å². The van der Waals surface area contributed by atoms with Gasteiger partial charge in [0.1, 0.15) is 0 Å². The van der Waals surface area contributed by atoms with E-state index < -0.39 is 5.91 Å². The molecule has 0 aromatic heterocycles. The fourth-order valence-corrected chi connectivity index (χ4v) is 3.32. The fourth-order valence-electron chi connectivity index (χ4n) is 3.32. The van der Waals surface area contributed by atoms with E-state index in [4.69, 9.17) is 5.73 Å². The number of benzene rings is 1. The predicted octanol–water partition coefficient (Wildman–Crippen LogP) is 4.14. The Balaban J connectivity index is 2.02. The van der Waals surface area contributed by atoms with Crippen LogP contribution in [0, 0.1) is 0 Å². The fraction of sp³-hybridized carbons (Fsp3) is 0.600. The highest BCUT2D eigenvalue weighted by Gasteiger charge is 2.16. The van der Waals surface area contributed by atoms with Gasteiger partial charge in [0.05, 0.1) is 0 Å². The lowest BCUT2D eigenvalue weighted by Crippen LogP contribution is -2.33. The van der Waals surface area contributed by atoms with Gasteiger partial charge in [-0.25, -0.2) is 0 Å². The second-order valence-electron chi connectivity index (χ2n) is 6.77. The van der Waals surface area contributed by atoms with Crippen LogP contribution in [0.15, 0.2) is 24.3 Å². The highest BCUT2D eigenvalue weighted by atomic mass is 16.2. The van der Waals surface area contributed by atoms with Crippen molar-refractivity contribution in [3.63, 3.8) is 0 Å². The van der Waals surface area contributed by atoms with Crippen LogP contribution >= 0.6 is 0 Å². The molecule has 1 aromatic rings. The third kappa shape index (κ3) is 5.99. The molecule has 1 fully saturated rings. The minimum atomic E-state index is -0.491. The Labute approximate surface area is 145 Å². The van der Waals surface area contributed by atoms with Gasteiger partial charge in [0.2, 0.25) is 5.91 Å². The van der Waals surface area contributed by atoms with E-state index in [-0.39, 0.29) is 5.91 Å². The number of rotatable bonds is 2. The summed E-state index contributed by atoms with van der Waals surface area (Å²) in [6.07, 6.45) is 12.3. The van der Waals surface area contributed by atoms with E-state index in [1.807, 2.05) is 4.90 Å².